The van der Waals surface area contributed by atoms with E-state index in [1.54, 1.807) is 17.4 Å². The lowest BCUT2D eigenvalue weighted by Crippen LogP contribution is -1.97. The van der Waals surface area contributed by atoms with Gasteiger partial charge in [-0.2, -0.15) is 5.26 Å². The average molecular weight is 955 g/mol. The maximum atomic E-state index is 12.0. The average Bonchev–Trinajstić information content (AvgIpc) is 4.17. The first-order valence-electron chi connectivity index (χ1n) is 25.2. The van der Waals surface area contributed by atoms with Crippen LogP contribution in [-0.2, 0) is 37.0 Å². The lowest BCUT2D eigenvalue weighted by Gasteiger charge is -2.07. The minimum atomic E-state index is -1.16. The van der Waals surface area contributed by atoms with Crippen molar-refractivity contribution in [1.29, 1.82) is 5.26 Å². The Balaban J connectivity index is 1.32. The van der Waals surface area contributed by atoms with Gasteiger partial charge < -0.3 is 9.67 Å². The molecule has 0 unspecified atom stereocenters. The Morgan fingerprint density at radius 2 is 1.02 bits per heavy atom. The van der Waals surface area contributed by atoms with Gasteiger partial charge in [0.15, 0.2) is 0 Å². The molecule has 8 heteroatoms. The van der Waals surface area contributed by atoms with Crippen LogP contribution in [0, 0.1) is 11.3 Å². The molecule has 0 aliphatic carbocycles. The van der Waals surface area contributed by atoms with Gasteiger partial charge in [-0.15, -0.1) is 45.3 Å². The number of nitrogens with zero attached hydrogens (tertiary/aromatic N) is 2. The summed E-state index contributed by atoms with van der Waals surface area (Å²) in [4.78, 5) is 22.4. The smallest absolute Gasteiger partial charge is 0.346 e. The Labute approximate surface area is 411 Å². The molecule has 0 fully saturated rings. The van der Waals surface area contributed by atoms with Crippen molar-refractivity contribution in [2.75, 3.05) is 0 Å². The van der Waals surface area contributed by atoms with Crippen LogP contribution in [0.15, 0.2) is 72.3 Å². The highest BCUT2D eigenvalue weighted by Gasteiger charge is 2.23. The predicted molar refractivity (Wildman–Crippen MR) is 291 cm³/mol. The van der Waals surface area contributed by atoms with E-state index >= 15 is 0 Å². The van der Waals surface area contributed by atoms with Crippen LogP contribution in [0.2, 0.25) is 0 Å². The van der Waals surface area contributed by atoms with Crippen LogP contribution in [-0.4, -0.2) is 15.6 Å². The number of thiophene rings is 4. The number of unbranched alkanes of at least 4 members (excludes halogenated alkanes) is 12. The second-order valence-corrected chi connectivity index (χ2v) is 22.3. The number of aryl methyl sites for hydroxylation is 5. The summed E-state index contributed by atoms with van der Waals surface area (Å²) in [5.74, 6) is -1.16. The fraction of sp³-hybridized carbons (Fsp3) is 0.448. The van der Waals surface area contributed by atoms with E-state index in [1.807, 2.05) is 40.1 Å². The number of fused-ring (bicyclic) bond motifs is 3. The summed E-state index contributed by atoms with van der Waals surface area (Å²) in [5.41, 5.74) is 9.27. The second kappa shape index (κ2) is 24.7. The molecule has 0 saturated heterocycles. The summed E-state index contributed by atoms with van der Waals surface area (Å²) in [7, 11) is 0. The third kappa shape index (κ3) is 11.9. The molecule has 0 amide bonds. The lowest BCUT2D eigenvalue weighted by atomic mass is 10.0. The molecule has 0 saturated carbocycles. The first-order chi connectivity index (χ1) is 32.3. The third-order valence-corrected chi connectivity index (χ3v) is 18.4. The summed E-state index contributed by atoms with van der Waals surface area (Å²) >= 11 is 7.57. The first-order valence-corrected chi connectivity index (χ1v) is 28.5. The molecule has 66 heavy (non-hydrogen) atoms. The van der Waals surface area contributed by atoms with Gasteiger partial charge in [0.05, 0.1) is 0 Å². The third-order valence-electron chi connectivity index (χ3n) is 13.1. The fourth-order valence-electron chi connectivity index (χ4n) is 9.50. The van der Waals surface area contributed by atoms with Crippen LogP contribution in [0.3, 0.4) is 0 Å². The van der Waals surface area contributed by atoms with Crippen LogP contribution < -0.4 is 0 Å². The topological polar surface area (TPSA) is 66.0 Å². The normalized spacial score (nSPS) is 12.0. The molecule has 0 aliphatic rings. The molecular weight excluding hydrogens is 885 g/mol. The van der Waals surface area contributed by atoms with Gasteiger partial charge >= 0.3 is 5.97 Å². The van der Waals surface area contributed by atoms with Gasteiger partial charge in [0.25, 0.3) is 0 Å². The summed E-state index contributed by atoms with van der Waals surface area (Å²) in [6.07, 6.45) is 25.0. The van der Waals surface area contributed by atoms with Crippen molar-refractivity contribution in [3.05, 3.63) is 99.4 Å². The molecule has 7 aromatic rings. The number of para-hydroxylation sites is 1. The summed E-state index contributed by atoms with van der Waals surface area (Å²) in [6.45, 7) is 12.3. The number of rotatable bonds is 27. The van der Waals surface area contributed by atoms with Crippen molar-refractivity contribution >= 4 is 79.2 Å². The number of carbonyl (C=O) groups is 1. The van der Waals surface area contributed by atoms with Gasteiger partial charge in [-0.05, 0) is 129 Å². The second-order valence-electron chi connectivity index (χ2n) is 18.1. The Kier molecular flexibility index (Phi) is 18.6. The standard InChI is InChI=1S/C58H70N2O2S4/c1-6-11-15-19-25-40-34-53(63-50(40)38-45(39-59)58(61)62)56-43(28-22-18-14-9-4)37-54(66-56)57-42(27-21-17-13-8-3)36-52(65-57)51-35-41(26-20-16-12-7-2)55(64-51)44-31-32-47-46-29-23-24-30-48(46)60(10-5)49(47)33-44/h23-24,29-38H,6-22,25-28H2,1-5H3,(H,61,62)/b45-38+. The Morgan fingerprint density at radius 1 is 0.545 bits per heavy atom. The molecular formula is C58H70N2O2S4. The molecule has 0 spiro atoms. The zero-order chi connectivity index (χ0) is 46.4. The van der Waals surface area contributed by atoms with Crippen LogP contribution in [0.1, 0.15) is 164 Å². The van der Waals surface area contributed by atoms with Crippen LogP contribution >= 0.6 is 45.3 Å². The number of aliphatic carboxylic acids is 1. The van der Waals surface area contributed by atoms with E-state index in [0.717, 1.165) is 61.9 Å². The molecule has 0 aliphatic heterocycles. The molecule has 0 bridgehead atoms. The Morgan fingerprint density at radius 3 is 1.56 bits per heavy atom. The van der Waals surface area contributed by atoms with E-state index in [2.05, 4.69) is 106 Å². The van der Waals surface area contributed by atoms with Gasteiger partial charge in [-0.25, -0.2) is 4.79 Å². The van der Waals surface area contributed by atoms with Crippen molar-refractivity contribution in [3.63, 3.8) is 0 Å². The van der Waals surface area contributed by atoms with Crippen molar-refractivity contribution in [2.24, 2.45) is 0 Å². The van der Waals surface area contributed by atoms with Gasteiger partial charge in [-0.3, -0.25) is 0 Å². The number of aromatic nitrogens is 1. The van der Waals surface area contributed by atoms with Gasteiger partial charge in [0.1, 0.15) is 11.6 Å². The number of benzene rings is 2. The number of carboxylic acids is 1. The monoisotopic (exact) mass is 954 g/mol. The van der Waals surface area contributed by atoms with Gasteiger partial charge in [-0.1, -0.05) is 135 Å². The predicted octanol–water partition coefficient (Wildman–Crippen LogP) is 19.2. The highest BCUT2D eigenvalue weighted by atomic mass is 32.1. The minimum absolute atomic E-state index is 0.200. The van der Waals surface area contributed by atoms with E-state index < -0.39 is 5.97 Å². The number of hydrogen-bond donors (Lipinski definition) is 1. The SMILES string of the molecule is CCCCCCc1cc(-c2sc(-c3sc(-c4cc(CCCCCC)c(-c5ccc6c7ccccc7n(CC)c6c5)s4)cc3CCCCCC)cc2CCCCCC)sc1/C=C(\C#N)C(=O)O. The van der Waals surface area contributed by atoms with Crippen molar-refractivity contribution in [1.82, 2.24) is 4.57 Å². The van der Waals surface area contributed by atoms with E-state index in [9.17, 15) is 15.2 Å². The maximum absolute atomic E-state index is 12.0. The van der Waals surface area contributed by atoms with Gasteiger partial charge in [0, 0.05) is 67.4 Å². The van der Waals surface area contributed by atoms with Crippen molar-refractivity contribution < 1.29 is 9.90 Å². The number of carboxylic acid groups (broad SMARTS) is 1. The zero-order valence-corrected chi connectivity index (χ0v) is 43.4. The zero-order valence-electron chi connectivity index (χ0n) is 40.2. The van der Waals surface area contributed by atoms with E-state index in [1.165, 1.54) is 162 Å². The van der Waals surface area contributed by atoms with E-state index in [4.69, 9.17) is 0 Å². The largest absolute Gasteiger partial charge is 0.477 e. The molecule has 0 radical (unpaired) electrons. The molecule has 348 valence electrons. The molecule has 1 N–H and O–H groups in total. The lowest BCUT2D eigenvalue weighted by molar-refractivity contribution is -0.132. The van der Waals surface area contributed by atoms with Gasteiger partial charge in [0.2, 0.25) is 0 Å². The van der Waals surface area contributed by atoms with Crippen molar-refractivity contribution in [3.8, 4) is 45.8 Å². The van der Waals surface area contributed by atoms with Crippen molar-refractivity contribution in [2.45, 2.75) is 170 Å². The number of hydrogen-bond acceptors (Lipinski definition) is 6. The summed E-state index contributed by atoms with van der Waals surface area (Å²) in [5, 5.41) is 22.3. The molecule has 0 atom stereocenters. The maximum Gasteiger partial charge on any atom is 0.346 e. The molecule has 5 heterocycles. The minimum Gasteiger partial charge on any atom is -0.477 e. The molecule has 5 aromatic heterocycles. The van der Waals surface area contributed by atoms with Crippen LogP contribution in [0.5, 0.6) is 0 Å². The number of nitriles is 1. The molecule has 4 nitrogen and oxygen atoms in total. The molecule has 7 rings (SSSR count). The quantitative estimate of drug-likeness (QED) is 0.0317. The van der Waals surface area contributed by atoms with E-state index in [-0.39, 0.29) is 5.57 Å². The summed E-state index contributed by atoms with van der Waals surface area (Å²) in [6, 6.07) is 27.9. The Hall–Kier alpha value is -4.26. The fourth-order valence-corrected chi connectivity index (χ4v) is 14.6. The Bertz CT molecular complexity index is 2760. The first kappa shape index (κ1) is 49.6. The highest BCUT2D eigenvalue weighted by Crippen LogP contribution is 2.50. The van der Waals surface area contributed by atoms with E-state index in [0.29, 0.717) is 0 Å². The van der Waals surface area contributed by atoms with Crippen LogP contribution in [0.4, 0.5) is 0 Å². The van der Waals surface area contributed by atoms with Crippen LogP contribution in [0.25, 0.3) is 67.6 Å². The summed E-state index contributed by atoms with van der Waals surface area (Å²) < 4.78 is 2.48. The molecule has 2 aromatic carbocycles. The highest BCUT2D eigenvalue weighted by molar-refractivity contribution is 7.29.